The van der Waals surface area contributed by atoms with Crippen LogP contribution in [0.1, 0.15) is 48.9 Å². The van der Waals surface area contributed by atoms with Crippen molar-refractivity contribution >= 4 is 37.8 Å². The molecule has 1 fully saturated rings. The van der Waals surface area contributed by atoms with Gasteiger partial charge in [-0.3, -0.25) is 4.79 Å². The van der Waals surface area contributed by atoms with Gasteiger partial charge in [-0.1, -0.05) is 41.6 Å². The first-order valence-electron chi connectivity index (χ1n) is 6.96. The second-order valence-electron chi connectivity index (χ2n) is 5.45. The summed E-state index contributed by atoms with van der Waals surface area (Å²) in [6, 6.07) is 5.48. The van der Waals surface area contributed by atoms with Crippen molar-refractivity contribution in [3.05, 3.63) is 32.7 Å². The fraction of sp³-hybridized carbons (Fsp3) is 0.533. The Morgan fingerprint density at radius 3 is 2.50 bits per heavy atom. The summed E-state index contributed by atoms with van der Waals surface area (Å²) >= 11 is 6.74. The molecule has 1 aromatic rings. The van der Waals surface area contributed by atoms with Crippen LogP contribution in [0.3, 0.4) is 0 Å². The topological polar surface area (TPSA) is 49.3 Å². The summed E-state index contributed by atoms with van der Waals surface area (Å²) in [5.74, 6) is -0.157. The Balaban J connectivity index is 1.99. The van der Waals surface area contributed by atoms with Crippen molar-refractivity contribution in [2.75, 3.05) is 6.54 Å². The summed E-state index contributed by atoms with van der Waals surface area (Å²) in [5.41, 5.74) is -0.165. The molecule has 0 aliphatic heterocycles. The molecule has 0 spiro atoms. The van der Waals surface area contributed by atoms with E-state index in [1.54, 1.807) is 6.07 Å². The van der Waals surface area contributed by atoms with Crippen LogP contribution >= 0.6 is 31.9 Å². The summed E-state index contributed by atoms with van der Waals surface area (Å²) in [5, 5.41) is 13.4. The number of hydrogen-bond donors (Lipinski definition) is 2. The number of carbonyl (C=O) groups excluding carboxylic acids is 1. The van der Waals surface area contributed by atoms with Crippen molar-refractivity contribution in [1.82, 2.24) is 5.32 Å². The van der Waals surface area contributed by atoms with E-state index in [0.29, 0.717) is 12.1 Å². The third-order valence-electron chi connectivity index (χ3n) is 3.79. The standard InChI is InChI=1S/C15H19Br2NO2/c16-11-5-6-13(17)12(9-11)14(19)18-10-15(20)7-3-1-2-4-8-15/h5-6,9,20H,1-4,7-8,10H2,(H,18,19). The maximum absolute atomic E-state index is 12.2. The van der Waals surface area contributed by atoms with E-state index in [2.05, 4.69) is 37.2 Å². The Hall–Kier alpha value is -0.390. The molecule has 1 amide bonds. The van der Waals surface area contributed by atoms with Crippen LogP contribution < -0.4 is 5.32 Å². The van der Waals surface area contributed by atoms with Gasteiger partial charge in [-0.15, -0.1) is 0 Å². The SMILES string of the molecule is O=C(NCC1(O)CCCCCC1)c1cc(Br)ccc1Br. The fourth-order valence-electron chi connectivity index (χ4n) is 2.57. The van der Waals surface area contributed by atoms with E-state index in [9.17, 15) is 9.90 Å². The largest absolute Gasteiger partial charge is 0.388 e. The van der Waals surface area contributed by atoms with E-state index in [4.69, 9.17) is 0 Å². The summed E-state index contributed by atoms with van der Waals surface area (Å²) in [7, 11) is 0. The van der Waals surface area contributed by atoms with Crippen LogP contribution in [0.2, 0.25) is 0 Å². The summed E-state index contributed by atoms with van der Waals surface area (Å²) in [4.78, 5) is 12.2. The van der Waals surface area contributed by atoms with Gasteiger partial charge < -0.3 is 10.4 Å². The molecule has 2 rings (SSSR count). The Bertz CT molecular complexity index is 483. The average Bonchev–Trinajstić information content (AvgIpc) is 2.64. The molecule has 0 atom stereocenters. The lowest BCUT2D eigenvalue weighted by molar-refractivity contribution is 0.0246. The molecule has 20 heavy (non-hydrogen) atoms. The first kappa shape index (κ1) is 16.0. The molecule has 1 aliphatic rings. The molecular weight excluding hydrogens is 386 g/mol. The number of amides is 1. The number of rotatable bonds is 3. The average molecular weight is 405 g/mol. The molecule has 1 aromatic carbocycles. The molecule has 0 radical (unpaired) electrons. The zero-order valence-electron chi connectivity index (χ0n) is 11.3. The molecule has 0 heterocycles. The molecule has 110 valence electrons. The van der Waals surface area contributed by atoms with Gasteiger partial charge in [0.2, 0.25) is 0 Å². The number of hydrogen-bond acceptors (Lipinski definition) is 2. The molecular formula is C15H19Br2NO2. The molecule has 1 saturated carbocycles. The summed E-state index contributed by atoms with van der Waals surface area (Å²) in [6.45, 7) is 0.324. The first-order chi connectivity index (χ1) is 9.50. The highest BCUT2D eigenvalue weighted by atomic mass is 79.9. The zero-order valence-corrected chi connectivity index (χ0v) is 14.5. The van der Waals surface area contributed by atoms with Crippen molar-refractivity contribution in [1.29, 1.82) is 0 Å². The highest BCUT2D eigenvalue weighted by molar-refractivity contribution is 9.11. The van der Waals surface area contributed by atoms with Crippen LogP contribution in [0.25, 0.3) is 0 Å². The van der Waals surface area contributed by atoms with Gasteiger partial charge >= 0.3 is 0 Å². The Labute approximate surface area is 136 Å². The second-order valence-corrected chi connectivity index (χ2v) is 7.22. The lowest BCUT2D eigenvalue weighted by Crippen LogP contribution is -2.42. The van der Waals surface area contributed by atoms with Crippen molar-refractivity contribution in [2.24, 2.45) is 0 Å². The van der Waals surface area contributed by atoms with Crippen molar-refractivity contribution in [2.45, 2.75) is 44.1 Å². The third kappa shape index (κ3) is 4.30. The van der Waals surface area contributed by atoms with Crippen LogP contribution in [-0.4, -0.2) is 23.2 Å². The highest BCUT2D eigenvalue weighted by Crippen LogP contribution is 2.27. The molecule has 2 N–H and O–H groups in total. The number of aliphatic hydroxyl groups is 1. The highest BCUT2D eigenvalue weighted by Gasteiger charge is 2.28. The molecule has 0 bridgehead atoms. The van der Waals surface area contributed by atoms with E-state index >= 15 is 0 Å². The molecule has 3 nitrogen and oxygen atoms in total. The van der Waals surface area contributed by atoms with Gasteiger partial charge in [0.1, 0.15) is 0 Å². The lowest BCUT2D eigenvalue weighted by atomic mass is 9.94. The minimum absolute atomic E-state index is 0.157. The number of benzene rings is 1. The number of nitrogens with one attached hydrogen (secondary N) is 1. The van der Waals surface area contributed by atoms with Gasteiger partial charge in [0.25, 0.3) is 5.91 Å². The predicted octanol–water partition coefficient (Wildman–Crippen LogP) is 4.03. The van der Waals surface area contributed by atoms with E-state index in [1.807, 2.05) is 12.1 Å². The van der Waals surface area contributed by atoms with Crippen molar-refractivity contribution < 1.29 is 9.90 Å². The van der Waals surface area contributed by atoms with E-state index in [-0.39, 0.29) is 5.91 Å². The monoisotopic (exact) mass is 403 g/mol. The Morgan fingerprint density at radius 1 is 1.20 bits per heavy atom. The number of halogens is 2. The minimum atomic E-state index is -0.745. The van der Waals surface area contributed by atoms with Crippen molar-refractivity contribution in [3.8, 4) is 0 Å². The number of carbonyl (C=O) groups is 1. The summed E-state index contributed by atoms with van der Waals surface area (Å²) in [6.07, 6.45) is 5.96. The van der Waals surface area contributed by atoms with E-state index < -0.39 is 5.60 Å². The van der Waals surface area contributed by atoms with Crippen LogP contribution in [0.4, 0.5) is 0 Å². The van der Waals surface area contributed by atoms with Gasteiger partial charge in [-0.05, 0) is 47.0 Å². The van der Waals surface area contributed by atoms with Gasteiger partial charge in [-0.2, -0.15) is 0 Å². The van der Waals surface area contributed by atoms with Crippen LogP contribution in [0.5, 0.6) is 0 Å². The van der Waals surface area contributed by atoms with E-state index in [1.165, 1.54) is 12.8 Å². The molecule has 0 aromatic heterocycles. The fourth-order valence-corrected chi connectivity index (χ4v) is 3.36. The Kier molecular flexibility index (Phi) is 5.64. The van der Waals surface area contributed by atoms with Gasteiger partial charge in [0.05, 0.1) is 11.2 Å². The van der Waals surface area contributed by atoms with E-state index in [0.717, 1.165) is 34.6 Å². The Morgan fingerprint density at radius 2 is 1.85 bits per heavy atom. The smallest absolute Gasteiger partial charge is 0.252 e. The van der Waals surface area contributed by atoms with Gasteiger partial charge in [0.15, 0.2) is 0 Å². The predicted molar refractivity (Wildman–Crippen MR) is 86.8 cm³/mol. The maximum atomic E-state index is 12.2. The van der Waals surface area contributed by atoms with Crippen LogP contribution in [0, 0.1) is 0 Å². The van der Waals surface area contributed by atoms with Crippen LogP contribution in [0.15, 0.2) is 27.1 Å². The second kappa shape index (κ2) is 7.05. The summed E-state index contributed by atoms with van der Waals surface area (Å²) < 4.78 is 1.62. The third-order valence-corrected chi connectivity index (χ3v) is 4.97. The molecule has 0 unspecified atom stereocenters. The quantitative estimate of drug-likeness (QED) is 0.747. The zero-order chi connectivity index (χ0) is 14.6. The minimum Gasteiger partial charge on any atom is -0.388 e. The van der Waals surface area contributed by atoms with Gasteiger partial charge in [-0.25, -0.2) is 0 Å². The molecule has 5 heteroatoms. The van der Waals surface area contributed by atoms with Crippen molar-refractivity contribution in [3.63, 3.8) is 0 Å². The normalized spacial score (nSPS) is 18.4. The molecule has 0 saturated heterocycles. The van der Waals surface area contributed by atoms with Gasteiger partial charge in [0, 0.05) is 15.5 Å². The maximum Gasteiger partial charge on any atom is 0.252 e. The molecule has 1 aliphatic carbocycles. The first-order valence-corrected chi connectivity index (χ1v) is 8.54. The lowest BCUT2D eigenvalue weighted by Gasteiger charge is -2.26. The van der Waals surface area contributed by atoms with Crippen LogP contribution in [-0.2, 0) is 0 Å².